The monoisotopic (exact) mass is 526 g/mol. The highest BCUT2D eigenvalue weighted by atomic mass is 31.2. The van der Waals surface area contributed by atoms with Gasteiger partial charge in [-0.3, -0.25) is 4.68 Å². The van der Waals surface area contributed by atoms with E-state index in [-0.39, 0.29) is 5.92 Å². The molecule has 196 valence electrons. The molecule has 0 saturated heterocycles. The molecule has 0 fully saturated rings. The number of aliphatic hydroxyl groups is 1. The molecule has 2 aromatic heterocycles. The molecular formula is C31H35N4O2P. The van der Waals surface area contributed by atoms with Gasteiger partial charge in [0, 0.05) is 33.7 Å². The lowest BCUT2D eigenvalue weighted by Crippen LogP contribution is -2.08. The zero-order chi connectivity index (χ0) is 27.2. The summed E-state index contributed by atoms with van der Waals surface area (Å²) in [5, 5.41) is 22.6. The van der Waals surface area contributed by atoms with Crippen molar-refractivity contribution in [1.29, 1.82) is 0 Å². The lowest BCUT2D eigenvalue weighted by atomic mass is 9.95. The zero-order valence-corrected chi connectivity index (χ0v) is 23.8. The van der Waals surface area contributed by atoms with E-state index in [1.165, 1.54) is 5.56 Å². The van der Waals surface area contributed by atoms with Gasteiger partial charge in [-0.1, -0.05) is 56.3 Å². The number of fused-ring (bicyclic) bond motifs is 1. The van der Waals surface area contributed by atoms with Gasteiger partial charge in [-0.25, -0.2) is 4.68 Å². The number of aromatic nitrogens is 4. The van der Waals surface area contributed by atoms with E-state index in [2.05, 4.69) is 26.8 Å². The second kappa shape index (κ2) is 10.0. The minimum absolute atomic E-state index is 0.259. The maximum absolute atomic E-state index is 12.6. The topological polar surface area (TPSA) is 72.9 Å². The van der Waals surface area contributed by atoms with Crippen molar-refractivity contribution in [2.75, 3.05) is 13.3 Å². The molecule has 0 aliphatic rings. The van der Waals surface area contributed by atoms with Crippen LogP contribution < -0.4 is 5.30 Å². The van der Waals surface area contributed by atoms with Crippen molar-refractivity contribution >= 4 is 23.3 Å². The van der Waals surface area contributed by atoms with Crippen molar-refractivity contribution in [2.45, 2.75) is 46.3 Å². The first kappa shape index (κ1) is 26.1. The maximum atomic E-state index is 12.6. The Balaban J connectivity index is 1.60. The summed E-state index contributed by atoms with van der Waals surface area (Å²) in [6.07, 6.45) is 1.36. The molecule has 5 rings (SSSR count). The number of hydrogen-bond acceptors (Lipinski definition) is 4. The van der Waals surface area contributed by atoms with Gasteiger partial charge in [0.1, 0.15) is 7.14 Å². The van der Waals surface area contributed by atoms with Crippen LogP contribution in [0.15, 0.2) is 72.9 Å². The summed E-state index contributed by atoms with van der Waals surface area (Å²) in [5.74, 6) is 0.259. The standard InChI is InChI=1S/C31H35N4O2P/c1-20(2)30-22(4)35(28-16-15-24(17-21(28)3)38(5,6)37)33-31(30)25-13-10-14-27-26(25)18-34(32-27)19-29(36)23-11-8-7-9-12-23/h7-18,20,29,36H,19H2,1-6H3. The first-order valence-corrected chi connectivity index (χ1v) is 15.6. The molecule has 0 aliphatic heterocycles. The molecule has 0 saturated carbocycles. The summed E-state index contributed by atoms with van der Waals surface area (Å²) in [4.78, 5) is 0. The molecule has 0 amide bonds. The maximum Gasteiger partial charge on any atom is 0.109 e. The Morgan fingerprint density at radius 2 is 1.68 bits per heavy atom. The Labute approximate surface area is 224 Å². The van der Waals surface area contributed by atoms with Crippen LogP contribution in [0.1, 0.15) is 48.3 Å². The van der Waals surface area contributed by atoms with Gasteiger partial charge >= 0.3 is 0 Å². The quantitative estimate of drug-likeness (QED) is 0.242. The molecule has 5 aromatic rings. The summed E-state index contributed by atoms with van der Waals surface area (Å²) in [7, 11) is -2.35. The highest BCUT2D eigenvalue weighted by molar-refractivity contribution is 7.70. The van der Waals surface area contributed by atoms with E-state index in [9.17, 15) is 9.67 Å². The minimum Gasteiger partial charge on any atom is -0.386 e. The van der Waals surface area contributed by atoms with E-state index in [4.69, 9.17) is 10.2 Å². The smallest absolute Gasteiger partial charge is 0.109 e. The second-order valence-electron chi connectivity index (χ2n) is 10.8. The molecule has 1 N–H and O–H groups in total. The van der Waals surface area contributed by atoms with Crippen LogP contribution in [0, 0.1) is 13.8 Å². The Morgan fingerprint density at radius 3 is 2.34 bits per heavy atom. The van der Waals surface area contributed by atoms with Gasteiger partial charge in [-0.05, 0) is 68.5 Å². The third kappa shape index (κ3) is 4.87. The number of aryl methyl sites for hydroxylation is 1. The van der Waals surface area contributed by atoms with Gasteiger partial charge < -0.3 is 9.67 Å². The van der Waals surface area contributed by atoms with Crippen molar-refractivity contribution in [1.82, 2.24) is 19.6 Å². The molecule has 1 atom stereocenters. The Hall–Kier alpha value is -3.47. The largest absolute Gasteiger partial charge is 0.386 e. The highest BCUT2D eigenvalue weighted by Gasteiger charge is 2.23. The fourth-order valence-electron chi connectivity index (χ4n) is 5.20. The van der Waals surface area contributed by atoms with Crippen LogP contribution in [0.25, 0.3) is 27.8 Å². The van der Waals surface area contributed by atoms with Gasteiger partial charge in [-0.15, -0.1) is 0 Å². The van der Waals surface area contributed by atoms with Crippen LogP contribution in [0.2, 0.25) is 0 Å². The number of aliphatic hydroxyl groups excluding tert-OH is 1. The first-order valence-electron chi connectivity index (χ1n) is 13.0. The normalized spacial score (nSPS) is 12.9. The van der Waals surface area contributed by atoms with Gasteiger partial charge in [0.25, 0.3) is 0 Å². The van der Waals surface area contributed by atoms with Crippen LogP contribution in [-0.2, 0) is 11.1 Å². The first-order chi connectivity index (χ1) is 18.0. The Morgan fingerprint density at radius 1 is 0.947 bits per heavy atom. The van der Waals surface area contributed by atoms with Crippen LogP contribution >= 0.6 is 7.14 Å². The molecule has 38 heavy (non-hydrogen) atoms. The molecule has 0 radical (unpaired) electrons. The van der Waals surface area contributed by atoms with E-state index in [0.29, 0.717) is 6.54 Å². The molecule has 0 spiro atoms. The van der Waals surface area contributed by atoms with Crippen molar-refractivity contribution < 1.29 is 9.67 Å². The number of nitrogens with zero attached hydrogens (tertiary/aromatic N) is 4. The van der Waals surface area contributed by atoms with Crippen molar-refractivity contribution in [3.05, 3.63) is 95.3 Å². The number of hydrogen-bond donors (Lipinski definition) is 1. The predicted octanol–water partition coefficient (Wildman–Crippen LogP) is 6.61. The lowest BCUT2D eigenvalue weighted by molar-refractivity contribution is 0.152. The van der Waals surface area contributed by atoms with E-state index < -0.39 is 13.2 Å². The summed E-state index contributed by atoms with van der Waals surface area (Å²) < 4.78 is 16.5. The van der Waals surface area contributed by atoms with Crippen LogP contribution in [0.3, 0.4) is 0 Å². The molecule has 7 heteroatoms. The van der Waals surface area contributed by atoms with Gasteiger partial charge in [0.15, 0.2) is 0 Å². The average Bonchev–Trinajstić information content (AvgIpc) is 3.44. The van der Waals surface area contributed by atoms with Crippen molar-refractivity contribution in [2.24, 2.45) is 0 Å². The lowest BCUT2D eigenvalue weighted by Gasteiger charge is -2.13. The van der Waals surface area contributed by atoms with Gasteiger partial charge in [-0.2, -0.15) is 10.2 Å². The Kier molecular flexibility index (Phi) is 6.89. The van der Waals surface area contributed by atoms with Crippen LogP contribution in [0.5, 0.6) is 0 Å². The summed E-state index contributed by atoms with van der Waals surface area (Å²) in [6, 6.07) is 21.8. The molecule has 1 unspecified atom stereocenters. The average molecular weight is 527 g/mol. The molecule has 3 aromatic carbocycles. The van der Waals surface area contributed by atoms with Gasteiger partial charge in [0.05, 0.1) is 29.5 Å². The molecule has 0 aliphatic carbocycles. The third-order valence-electron chi connectivity index (χ3n) is 7.17. The predicted molar refractivity (Wildman–Crippen MR) is 156 cm³/mol. The molecular weight excluding hydrogens is 491 g/mol. The van der Waals surface area contributed by atoms with Gasteiger partial charge in [0.2, 0.25) is 0 Å². The van der Waals surface area contributed by atoms with Crippen LogP contribution in [-0.4, -0.2) is 38.0 Å². The van der Waals surface area contributed by atoms with Crippen LogP contribution in [0.4, 0.5) is 0 Å². The van der Waals surface area contributed by atoms with E-state index in [0.717, 1.165) is 50.0 Å². The summed E-state index contributed by atoms with van der Waals surface area (Å²) in [5.41, 5.74) is 8.00. The summed E-state index contributed by atoms with van der Waals surface area (Å²) >= 11 is 0. The number of benzene rings is 3. The SMILES string of the molecule is Cc1cc(P(C)(C)=O)ccc1-n1nc(-c2cccc3nn(CC(O)c4ccccc4)cc23)c(C(C)C)c1C. The van der Waals surface area contributed by atoms with Crippen molar-refractivity contribution in [3.8, 4) is 16.9 Å². The van der Waals surface area contributed by atoms with E-state index >= 15 is 0 Å². The Bertz CT molecular complexity index is 1660. The third-order valence-corrected chi connectivity index (χ3v) is 8.69. The fourth-order valence-corrected chi connectivity index (χ4v) is 6.14. The molecule has 0 bridgehead atoms. The summed E-state index contributed by atoms with van der Waals surface area (Å²) in [6.45, 7) is 12.5. The second-order valence-corrected chi connectivity index (χ2v) is 14.0. The molecule has 6 nitrogen and oxygen atoms in total. The van der Waals surface area contributed by atoms with Crippen molar-refractivity contribution in [3.63, 3.8) is 0 Å². The highest BCUT2D eigenvalue weighted by Crippen LogP contribution is 2.38. The number of rotatable bonds is 7. The van der Waals surface area contributed by atoms with E-state index in [1.807, 2.05) is 83.1 Å². The minimum atomic E-state index is -2.35. The zero-order valence-electron chi connectivity index (χ0n) is 22.9. The fraction of sp³-hybridized carbons (Fsp3) is 0.290. The van der Waals surface area contributed by atoms with E-state index in [1.54, 1.807) is 13.3 Å². The molecule has 2 heterocycles.